The molecule has 0 aliphatic heterocycles. The molecule has 0 saturated heterocycles. The number of para-hydroxylation sites is 1. The summed E-state index contributed by atoms with van der Waals surface area (Å²) in [5.41, 5.74) is 2.19. The van der Waals surface area contributed by atoms with E-state index >= 15 is 0 Å². The zero-order chi connectivity index (χ0) is 22.8. The van der Waals surface area contributed by atoms with Crippen molar-refractivity contribution in [2.45, 2.75) is 53.0 Å². The molecule has 168 valence electrons. The maximum Gasteiger partial charge on any atom is 0.261 e. The standard InChI is InChI=1S/C26H36N2O3/c1-19(2)17-27-26(30)21(5)28(16-15-22-11-7-6-8-12-22)25(29)18-31-24-14-10-9-13-23(24)20(3)4/h6-14,19-21H,15-18H2,1-5H3,(H,27,30)/t21-/m1/s1. The van der Waals surface area contributed by atoms with E-state index in [2.05, 4.69) is 19.2 Å². The van der Waals surface area contributed by atoms with Crippen LogP contribution < -0.4 is 10.1 Å². The Morgan fingerprint density at radius 2 is 1.58 bits per heavy atom. The molecular weight excluding hydrogens is 388 g/mol. The van der Waals surface area contributed by atoms with Gasteiger partial charge in [0.15, 0.2) is 6.61 Å². The number of ether oxygens (including phenoxy) is 1. The highest BCUT2D eigenvalue weighted by Crippen LogP contribution is 2.25. The lowest BCUT2D eigenvalue weighted by molar-refractivity contribution is -0.141. The van der Waals surface area contributed by atoms with Gasteiger partial charge in [-0.2, -0.15) is 0 Å². The number of rotatable bonds is 11. The van der Waals surface area contributed by atoms with Crippen LogP contribution in [-0.4, -0.2) is 42.5 Å². The first kappa shape index (κ1) is 24.4. The third kappa shape index (κ3) is 7.74. The number of carbonyl (C=O) groups excluding carboxylic acids is 2. The molecule has 0 aliphatic carbocycles. The summed E-state index contributed by atoms with van der Waals surface area (Å²) in [6.07, 6.45) is 0.678. The van der Waals surface area contributed by atoms with Crippen LogP contribution in [0, 0.1) is 5.92 Å². The molecule has 2 rings (SSSR count). The van der Waals surface area contributed by atoms with E-state index in [0.29, 0.717) is 37.1 Å². The van der Waals surface area contributed by atoms with Crippen LogP contribution >= 0.6 is 0 Å². The fourth-order valence-corrected chi connectivity index (χ4v) is 3.33. The van der Waals surface area contributed by atoms with Crippen LogP contribution in [0.3, 0.4) is 0 Å². The maximum atomic E-state index is 13.1. The average molecular weight is 425 g/mol. The molecule has 0 aromatic heterocycles. The number of nitrogens with zero attached hydrogens (tertiary/aromatic N) is 1. The van der Waals surface area contributed by atoms with Crippen LogP contribution in [0.1, 0.15) is 51.7 Å². The first-order valence-corrected chi connectivity index (χ1v) is 11.1. The molecule has 2 aromatic carbocycles. The van der Waals surface area contributed by atoms with Crippen molar-refractivity contribution in [3.8, 4) is 5.75 Å². The predicted octanol–water partition coefficient (Wildman–Crippen LogP) is 4.42. The molecule has 2 aromatic rings. The molecule has 0 fully saturated rings. The fourth-order valence-electron chi connectivity index (χ4n) is 3.33. The Morgan fingerprint density at radius 3 is 2.23 bits per heavy atom. The molecule has 1 N–H and O–H groups in total. The summed E-state index contributed by atoms with van der Waals surface area (Å²) in [6, 6.07) is 17.2. The molecule has 0 heterocycles. The van der Waals surface area contributed by atoms with E-state index in [1.807, 2.05) is 68.4 Å². The van der Waals surface area contributed by atoms with Crippen LogP contribution in [0.4, 0.5) is 0 Å². The fraction of sp³-hybridized carbons (Fsp3) is 0.462. The topological polar surface area (TPSA) is 58.6 Å². The second-order valence-corrected chi connectivity index (χ2v) is 8.62. The molecule has 0 aliphatic rings. The number of amides is 2. The third-order valence-electron chi connectivity index (χ3n) is 5.23. The maximum absolute atomic E-state index is 13.1. The molecule has 1 atom stereocenters. The number of benzene rings is 2. The second-order valence-electron chi connectivity index (χ2n) is 8.62. The van der Waals surface area contributed by atoms with Gasteiger partial charge in [-0.25, -0.2) is 0 Å². The minimum absolute atomic E-state index is 0.0969. The molecular formula is C26H36N2O3. The zero-order valence-corrected chi connectivity index (χ0v) is 19.4. The van der Waals surface area contributed by atoms with Crippen molar-refractivity contribution in [2.75, 3.05) is 19.7 Å². The monoisotopic (exact) mass is 424 g/mol. The third-order valence-corrected chi connectivity index (χ3v) is 5.23. The van der Waals surface area contributed by atoms with Gasteiger partial charge in [0.25, 0.3) is 5.91 Å². The highest BCUT2D eigenvalue weighted by molar-refractivity contribution is 5.88. The largest absolute Gasteiger partial charge is 0.483 e. The Hall–Kier alpha value is -2.82. The highest BCUT2D eigenvalue weighted by atomic mass is 16.5. The highest BCUT2D eigenvalue weighted by Gasteiger charge is 2.26. The van der Waals surface area contributed by atoms with E-state index in [1.165, 1.54) is 0 Å². The van der Waals surface area contributed by atoms with Gasteiger partial charge in [-0.15, -0.1) is 0 Å². The molecule has 31 heavy (non-hydrogen) atoms. The minimum atomic E-state index is -0.570. The lowest BCUT2D eigenvalue weighted by Crippen LogP contribution is -2.50. The minimum Gasteiger partial charge on any atom is -0.483 e. The first-order valence-electron chi connectivity index (χ1n) is 11.1. The van der Waals surface area contributed by atoms with E-state index in [1.54, 1.807) is 11.8 Å². The summed E-state index contributed by atoms with van der Waals surface area (Å²) in [4.78, 5) is 27.4. The smallest absolute Gasteiger partial charge is 0.261 e. The Labute approximate surface area is 186 Å². The predicted molar refractivity (Wildman–Crippen MR) is 125 cm³/mol. The van der Waals surface area contributed by atoms with Gasteiger partial charge in [0, 0.05) is 13.1 Å². The quantitative estimate of drug-likeness (QED) is 0.581. The van der Waals surface area contributed by atoms with Crippen molar-refractivity contribution in [1.82, 2.24) is 10.2 Å². The summed E-state index contributed by atoms with van der Waals surface area (Å²) >= 11 is 0. The van der Waals surface area contributed by atoms with Gasteiger partial charge >= 0.3 is 0 Å². The second kappa shape index (κ2) is 12.1. The number of hydrogen-bond acceptors (Lipinski definition) is 3. The molecule has 0 radical (unpaired) electrons. The molecule has 5 nitrogen and oxygen atoms in total. The number of nitrogens with one attached hydrogen (secondary N) is 1. The molecule has 5 heteroatoms. The molecule has 0 spiro atoms. The normalized spacial score (nSPS) is 12.0. The lowest BCUT2D eigenvalue weighted by atomic mass is 10.0. The van der Waals surface area contributed by atoms with Gasteiger partial charge in [-0.05, 0) is 42.4 Å². The van der Waals surface area contributed by atoms with Crippen molar-refractivity contribution in [1.29, 1.82) is 0 Å². The van der Waals surface area contributed by atoms with Crippen LogP contribution in [0.25, 0.3) is 0 Å². The molecule has 2 amide bonds. The molecule has 0 bridgehead atoms. The van der Waals surface area contributed by atoms with Crippen molar-refractivity contribution >= 4 is 11.8 Å². The van der Waals surface area contributed by atoms with Gasteiger partial charge in [-0.3, -0.25) is 9.59 Å². The van der Waals surface area contributed by atoms with E-state index < -0.39 is 6.04 Å². The molecule has 0 saturated carbocycles. The molecule has 0 unspecified atom stereocenters. The van der Waals surface area contributed by atoms with Crippen molar-refractivity contribution < 1.29 is 14.3 Å². The van der Waals surface area contributed by atoms with Crippen LogP contribution in [0.15, 0.2) is 54.6 Å². The Bertz CT molecular complexity index is 834. The Balaban J connectivity index is 2.10. The van der Waals surface area contributed by atoms with Crippen LogP contribution in [0.2, 0.25) is 0 Å². The van der Waals surface area contributed by atoms with Crippen LogP contribution in [-0.2, 0) is 16.0 Å². The van der Waals surface area contributed by atoms with E-state index in [4.69, 9.17) is 4.74 Å². The Morgan fingerprint density at radius 1 is 0.935 bits per heavy atom. The van der Waals surface area contributed by atoms with Gasteiger partial charge in [0.05, 0.1) is 0 Å². The van der Waals surface area contributed by atoms with Gasteiger partial charge in [0.1, 0.15) is 11.8 Å². The zero-order valence-electron chi connectivity index (χ0n) is 19.4. The average Bonchev–Trinajstić information content (AvgIpc) is 2.76. The van der Waals surface area contributed by atoms with E-state index in [0.717, 1.165) is 11.1 Å². The van der Waals surface area contributed by atoms with Crippen molar-refractivity contribution in [3.05, 3.63) is 65.7 Å². The number of carbonyl (C=O) groups is 2. The summed E-state index contributed by atoms with van der Waals surface area (Å²) in [6.45, 7) is 11.0. The first-order chi connectivity index (χ1) is 14.8. The van der Waals surface area contributed by atoms with Gasteiger partial charge < -0.3 is 15.0 Å². The van der Waals surface area contributed by atoms with E-state index in [-0.39, 0.29) is 18.4 Å². The summed E-state index contributed by atoms with van der Waals surface area (Å²) in [5.74, 6) is 1.02. The van der Waals surface area contributed by atoms with Gasteiger partial charge in [0.2, 0.25) is 5.91 Å². The van der Waals surface area contributed by atoms with E-state index in [9.17, 15) is 9.59 Å². The summed E-state index contributed by atoms with van der Waals surface area (Å²) in [5, 5.41) is 2.94. The summed E-state index contributed by atoms with van der Waals surface area (Å²) in [7, 11) is 0. The van der Waals surface area contributed by atoms with Crippen LogP contribution in [0.5, 0.6) is 5.75 Å². The summed E-state index contributed by atoms with van der Waals surface area (Å²) < 4.78 is 5.90. The number of hydrogen-bond donors (Lipinski definition) is 1. The van der Waals surface area contributed by atoms with Crippen molar-refractivity contribution in [2.24, 2.45) is 5.92 Å². The Kier molecular flexibility index (Phi) is 9.57. The lowest BCUT2D eigenvalue weighted by Gasteiger charge is -2.29. The van der Waals surface area contributed by atoms with Gasteiger partial charge in [-0.1, -0.05) is 76.2 Å². The SMILES string of the molecule is CC(C)CNC(=O)[C@@H](C)N(CCc1ccccc1)C(=O)COc1ccccc1C(C)C. The van der Waals surface area contributed by atoms with Crippen molar-refractivity contribution in [3.63, 3.8) is 0 Å².